The van der Waals surface area contributed by atoms with Crippen molar-refractivity contribution in [2.24, 2.45) is 11.8 Å². The van der Waals surface area contributed by atoms with E-state index in [0.717, 1.165) is 34.7 Å². The van der Waals surface area contributed by atoms with Gasteiger partial charge in [0.1, 0.15) is 11.6 Å². The van der Waals surface area contributed by atoms with Gasteiger partial charge in [0.25, 0.3) is 0 Å². The van der Waals surface area contributed by atoms with Crippen molar-refractivity contribution < 1.29 is 0 Å². The van der Waals surface area contributed by atoms with E-state index >= 15 is 0 Å². The van der Waals surface area contributed by atoms with Gasteiger partial charge in [-0.1, -0.05) is 0 Å². The molecule has 0 spiro atoms. The number of hydrogen-bond acceptors (Lipinski definition) is 5. The van der Waals surface area contributed by atoms with Crippen molar-refractivity contribution in [3.63, 3.8) is 0 Å². The van der Waals surface area contributed by atoms with Crippen LogP contribution in [0.3, 0.4) is 0 Å². The smallest absolute Gasteiger partial charge is 0.144 e. The van der Waals surface area contributed by atoms with Crippen molar-refractivity contribution in [3.8, 4) is 11.3 Å². The molecule has 4 rings (SSSR count). The molecule has 2 aromatic rings. The highest BCUT2D eigenvalue weighted by Gasteiger charge is 2.45. The summed E-state index contributed by atoms with van der Waals surface area (Å²) in [5, 5.41) is 3.00. The van der Waals surface area contributed by atoms with Gasteiger partial charge in [-0.25, -0.2) is 9.97 Å². The summed E-state index contributed by atoms with van der Waals surface area (Å²) in [4.78, 5) is 15.6. The molecule has 1 N–H and O–H groups in total. The Kier molecular flexibility index (Phi) is 2.58. The van der Waals surface area contributed by atoms with Crippen molar-refractivity contribution in [3.05, 3.63) is 30.7 Å². The Morgan fingerprint density at radius 2 is 2.00 bits per heavy atom. The molecule has 0 radical (unpaired) electrons. The van der Waals surface area contributed by atoms with Crippen molar-refractivity contribution in [2.75, 3.05) is 30.4 Å². The molecule has 5 nitrogen and oxygen atoms in total. The fourth-order valence-corrected chi connectivity index (χ4v) is 2.94. The van der Waals surface area contributed by atoms with Crippen LogP contribution in [0.4, 0.5) is 11.6 Å². The van der Waals surface area contributed by atoms with Gasteiger partial charge in [-0.2, -0.15) is 0 Å². The number of pyridine rings is 1. The molecule has 0 amide bonds. The second kappa shape index (κ2) is 4.44. The summed E-state index contributed by atoms with van der Waals surface area (Å²) < 4.78 is 0. The molecule has 2 fully saturated rings. The molecule has 1 saturated heterocycles. The summed E-state index contributed by atoms with van der Waals surface area (Å²) in [6, 6.07) is 4.17. The van der Waals surface area contributed by atoms with Gasteiger partial charge in [0.15, 0.2) is 0 Å². The van der Waals surface area contributed by atoms with Gasteiger partial charge in [0.05, 0.1) is 18.1 Å². The Hall–Kier alpha value is -2.17. The van der Waals surface area contributed by atoms with Crippen LogP contribution in [0, 0.1) is 11.8 Å². The third-order valence-corrected chi connectivity index (χ3v) is 4.24. The van der Waals surface area contributed by atoms with Gasteiger partial charge in [0, 0.05) is 31.9 Å². The number of hydrogen-bond donors (Lipinski definition) is 1. The van der Waals surface area contributed by atoms with Gasteiger partial charge in [0.2, 0.25) is 0 Å². The van der Waals surface area contributed by atoms with Crippen LogP contribution in [-0.4, -0.2) is 35.1 Å². The minimum Gasteiger partial charge on any atom is -0.372 e. The van der Waals surface area contributed by atoms with Gasteiger partial charge >= 0.3 is 0 Å². The lowest BCUT2D eigenvalue weighted by molar-refractivity contribution is 0.805. The van der Waals surface area contributed by atoms with Crippen LogP contribution >= 0.6 is 0 Å². The zero-order valence-electron chi connectivity index (χ0n) is 11.5. The molecular weight excluding hydrogens is 250 g/mol. The molecular formula is C15H17N5. The normalized spacial score (nSPS) is 23.6. The third-order valence-electron chi connectivity index (χ3n) is 4.24. The molecule has 2 aromatic heterocycles. The molecule has 1 aliphatic heterocycles. The van der Waals surface area contributed by atoms with Crippen LogP contribution in [-0.2, 0) is 0 Å². The molecule has 0 aromatic carbocycles. The quantitative estimate of drug-likeness (QED) is 0.922. The molecule has 1 aliphatic carbocycles. The molecule has 5 heteroatoms. The average Bonchev–Trinajstić information content (AvgIpc) is 3.13. The molecule has 20 heavy (non-hydrogen) atoms. The van der Waals surface area contributed by atoms with Crippen LogP contribution in [0.5, 0.6) is 0 Å². The van der Waals surface area contributed by atoms with Gasteiger partial charge < -0.3 is 10.2 Å². The monoisotopic (exact) mass is 267 g/mol. The Morgan fingerprint density at radius 1 is 1.15 bits per heavy atom. The Labute approximate surface area is 118 Å². The standard InChI is InChI=1S/C15H17N5/c1-16-14-7-17-6-13(19-14)10-2-3-15(18-5-10)20-8-11-4-12(11)9-20/h2-3,5-7,11-12H,4,8-9H2,1H3,(H,16,19). The van der Waals surface area contributed by atoms with Crippen molar-refractivity contribution in [1.29, 1.82) is 0 Å². The zero-order chi connectivity index (χ0) is 13.5. The Morgan fingerprint density at radius 3 is 2.70 bits per heavy atom. The van der Waals surface area contributed by atoms with Crippen LogP contribution in [0.1, 0.15) is 6.42 Å². The predicted molar refractivity (Wildman–Crippen MR) is 78.6 cm³/mol. The Bertz CT molecular complexity index is 614. The van der Waals surface area contributed by atoms with Gasteiger partial charge in [-0.05, 0) is 30.4 Å². The van der Waals surface area contributed by atoms with E-state index in [9.17, 15) is 0 Å². The van der Waals surface area contributed by atoms with E-state index in [2.05, 4.69) is 37.3 Å². The summed E-state index contributed by atoms with van der Waals surface area (Å²) in [6.45, 7) is 2.35. The average molecular weight is 267 g/mol. The van der Waals surface area contributed by atoms with E-state index in [-0.39, 0.29) is 0 Å². The van der Waals surface area contributed by atoms with E-state index in [1.807, 2.05) is 13.2 Å². The number of rotatable bonds is 3. The summed E-state index contributed by atoms with van der Waals surface area (Å²) >= 11 is 0. The Balaban J connectivity index is 1.57. The number of nitrogens with one attached hydrogen (secondary N) is 1. The summed E-state index contributed by atoms with van der Waals surface area (Å²) in [7, 11) is 1.84. The lowest BCUT2D eigenvalue weighted by Crippen LogP contribution is -2.22. The van der Waals surface area contributed by atoms with Crippen molar-refractivity contribution in [2.45, 2.75) is 6.42 Å². The van der Waals surface area contributed by atoms with Crippen LogP contribution in [0.2, 0.25) is 0 Å². The first-order valence-electron chi connectivity index (χ1n) is 7.04. The number of piperidine rings is 1. The SMILES string of the molecule is CNc1cncc(-c2ccc(N3CC4CC4C3)nc2)n1. The summed E-state index contributed by atoms with van der Waals surface area (Å²) in [5.41, 5.74) is 1.85. The fourth-order valence-electron chi connectivity index (χ4n) is 2.94. The highest BCUT2D eigenvalue weighted by molar-refractivity contribution is 5.60. The molecule has 2 unspecified atom stereocenters. The van der Waals surface area contributed by atoms with Gasteiger partial charge in [-0.15, -0.1) is 0 Å². The molecule has 1 saturated carbocycles. The molecule has 3 heterocycles. The van der Waals surface area contributed by atoms with Gasteiger partial charge in [-0.3, -0.25) is 4.98 Å². The second-order valence-electron chi connectivity index (χ2n) is 5.61. The first-order chi connectivity index (χ1) is 9.83. The molecule has 2 aliphatic rings. The maximum atomic E-state index is 4.59. The number of anilines is 2. The maximum absolute atomic E-state index is 4.59. The number of nitrogens with zero attached hydrogens (tertiary/aromatic N) is 4. The van der Waals surface area contributed by atoms with Crippen molar-refractivity contribution in [1.82, 2.24) is 15.0 Å². The van der Waals surface area contributed by atoms with E-state index in [0.29, 0.717) is 0 Å². The molecule has 102 valence electrons. The van der Waals surface area contributed by atoms with E-state index in [1.54, 1.807) is 12.4 Å². The third kappa shape index (κ3) is 1.99. The lowest BCUT2D eigenvalue weighted by atomic mass is 10.2. The second-order valence-corrected chi connectivity index (χ2v) is 5.61. The predicted octanol–water partition coefficient (Wildman–Crippen LogP) is 2.04. The highest BCUT2D eigenvalue weighted by Crippen LogP contribution is 2.45. The van der Waals surface area contributed by atoms with Crippen LogP contribution in [0.15, 0.2) is 30.7 Å². The van der Waals surface area contributed by atoms with Crippen molar-refractivity contribution >= 4 is 11.6 Å². The van der Waals surface area contributed by atoms with E-state index in [4.69, 9.17) is 0 Å². The minimum absolute atomic E-state index is 0.770. The fraction of sp³-hybridized carbons (Fsp3) is 0.400. The van der Waals surface area contributed by atoms with E-state index in [1.165, 1.54) is 19.5 Å². The zero-order valence-corrected chi connectivity index (χ0v) is 11.5. The van der Waals surface area contributed by atoms with Crippen LogP contribution in [0.25, 0.3) is 11.3 Å². The first-order valence-corrected chi connectivity index (χ1v) is 7.04. The van der Waals surface area contributed by atoms with E-state index < -0.39 is 0 Å². The first kappa shape index (κ1) is 11.6. The number of fused-ring (bicyclic) bond motifs is 1. The molecule has 0 bridgehead atoms. The highest BCUT2D eigenvalue weighted by atomic mass is 15.2. The number of aromatic nitrogens is 3. The summed E-state index contributed by atoms with van der Waals surface area (Å²) in [6.07, 6.45) is 6.79. The minimum atomic E-state index is 0.770. The molecule has 2 atom stereocenters. The topological polar surface area (TPSA) is 53.9 Å². The summed E-state index contributed by atoms with van der Waals surface area (Å²) in [5.74, 6) is 3.70. The lowest BCUT2D eigenvalue weighted by Gasteiger charge is -2.18. The largest absolute Gasteiger partial charge is 0.372 e. The van der Waals surface area contributed by atoms with Crippen LogP contribution < -0.4 is 10.2 Å². The maximum Gasteiger partial charge on any atom is 0.144 e.